The largest absolute Gasteiger partial charge is 0.309 e. The van der Waals surface area contributed by atoms with Crippen molar-refractivity contribution in [3.05, 3.63) is 35.4 Å². The number of nitrogens with zero attached hydrogens (tertiary/aromatic N) is 1. The van der Waals surface area contributed by atoms with Crippen LogP contribution < -0.4 is 5.32 Å². The average Bonchev–Trinajstić information content (AvgIpc) is 2.40. The molecule has 0 aliphatic rings. The molecule has 0 saturated heterocycles. The SMILES string of the molecule is CCNC(CN(C)C(CC)CC)c1ccc(C)cc1. The van der Waals surface area contributed by atoms with Gasteiger partial charge in [-0.3, -0.25) is 0 Å². The summed E-state index contributed by atoms with van der Waals surface area (Å²) in [5.41, 5.74) is 2.72. The van der Waals surface area contributed by atoms with Crippen molar-refractivity contribution in [2.75, 3.05) is 20.1 Å². The van der Waals surface area contributed by atoms with Crippen molar-refractivity contribution in [3.8, 4) is 0 Å². The van der Waals surface area contributed by atoms with Crippen LogP contribution >= 0.6 is 0 Å². The van der Waals surface area contributed by atoms with Gasteiger partial charge in [-0.2, -0.15) is 0 Å². The van der Waals surface area contributed by atoms with E-state index in [1.54, 1.807) is 0 Å². The van der Waals surface area contributed by atoms with Crippen molar-refractivity contribution in [3.63, 3.8) is 0 Å². The molecule has 0 radical (unpaired) electrons. The number of aryl methyl sites for hydroxylation is 1. The predicted molar refractivity (Wildman–Crippen MR) is 84.6 cm³/mol. The summed E-state index contributed by atoms with van der Waals surface area (Å²) >= 11 is 0. The van der Waals surface area contributed by atoms with Gasteiger partial charge in [-0.1, -0.05) is 50.6 Å². The van der Waals surface area contributed by atoms with E-state index in [4.69, 9.17) is 0 Å². The Kier molecular flexibility index (Phi) is 7.11. The summed E-state index contributed by atoms with van der Waals surface area (Å²) in [7, 11) is 2.25. The molecule has 0 spiro atoms. The first-order valence-corrected chi connectivity index (χ1v) is 7.62. The highest BCUT2D eigenvalue weighted by Gasteiger charge is 2.17. The van der Waals surface area contributed by atoms with E-state index in [9.17, 15) is 0 Å². The van der Waals surface area contributed by atoms with E-state index in [2.05, 4.69) is 69.2 Å². The molecule has 0 fully saturated rings. The van der Waals surface area contributed by atoms with Crippen LogP contribution in [0.15, 0.2) is 24.3 Å². The molecule has 0 aromatic heterocycles. The van der Waals surface area contributed by atoms with Crippen LogP contribution in [0.4, 0.5) is 0 Å². The third kappa shape index (κ3) is 4.96. The average molecular weight is 262 g/mol. The van der Waals surface area contributed by atoms with E-state index in [0.717, 1.165) is 13.1 Å². The third-order valence-corrected chi connectivity index (χ3v) is 3.97. The highest BCUT2D eigenvalue weighted by Crippen LogP contribution is 2.17. The molecular weight excluding hydrogens is 232 g/mol. The topological polar surface area (TPSA) is 15.3 Å². The minimum absolute atomic E-state index is 0.427. The summed E-state index contributed by atoms with van der Waals surface area (Å²) in [5.74, 6) is 0. The molecular formula is C17H30N2. The van der Waals surface area contributed by atoms with Crippen LogP contribution in [0.1, 0.15) is 50.8 Å². The molecule has 1 aromatic carbocycles. The summed E-state index contributed by atoms with van der Waals surface area (Å²) in [6.45, 7) is 11.0. The van der Waals surface area contributed by atoms with E-state index < -0.39 is 0 Å². The van der Waals surface area contributed by atoms with Crippen LogP contribution in [0, 0.1) is 6.92 Å². The fourth-order valence-electron chi connectivity index (χ4n) is 2.68. The Labute approximate surface area is 119 Å². The first kappa shape index (κ1) is 16.2. The van der Waals surface area contributed by atoms with Gasteiger partial charge in [-0.05, 0) is 38.9 Å². The molecule has 1 rings (SSSR count). The van der Waals surface area contributed by atoms with Crippen molar-refractivity contribution in [1.29, 1.82) is 0 Å². The number of likely N-dealkylation sites (N-methyl/N-ethyl adjacent to an activating group) is 2. The molecule has 0 aliphatic carbocycles. The third-order valence-electron chi connectivity index (χ3n) is 3.97. The maximum atomic E-state index is 3.61. The molecule has 2 heteroatoms. The molecule has 1 N–H and O–H groups in total. The fraction of sp³-hybridized carbons (Fsp3) is 0.647. The summed E-state index contributed by atoms with van der Waals surface area (Å²) in [5, 5.41) is 3.61. The first-order chi connectivity index (χ1) is 9.12. The second-order valence-corrected chi connectivity index (χ2v) is 5.43. The maximum Gasteiger partial charge on any atom is 0.0449 e. The Hall–Kier alpha value is -0.860. The molecule has 1 atom stereocenters. The molecule has 0 amide bonds. The number of rotatable bonds is 8. The van der Waals surface area contributed by atoms with Crippen LogP contribution in [0.5, 0.6) is 0 Å². The van der Waals surface area contributed by atoms with Crippen molar-refractivity contribution < 1.29 is 0 Å². The number of nitrogens with one attached hydrogen (secondary N) is 1. The summed E-state index contributed by atoms with van der Waals surface area (Å²) in [6.07, 6.45) is 2.44. The van der Waals surface area contributed by atoms with Crippen molar-refractivity contribution in [2.24, 2.45) is 0 Å². The second-order valence-electron chi connectivity index (χ2n) is 5.43. The molecule has 1 unspecified atom stereocenters. The number of hydrogen-bond donors (Lipinski definition) is 1. The monoisotopic (exact) mass is 262 g/mol. The Bertz CT molecular complexity index is 341. The van der Waals surface area contributed by atoms with Crippen LogP contribution in [-0.4, -0.2) is 31.1 Å². The van der Waals surface area contributed by atoms with Crippen molar-refractivity contribution >= 4 is 0 Å². The molecule has 0 heterocycles. The van der Waals surface area contributed by atoms with Crippen LogP contribution in [-0.2, 0) is 0 Å². The van der Waals surface area contributed by atoms with Gasteiger partial charge < -0.3 is 10.2 Å². The van der Waals surface area contributed by atoms with Gasteiger partial charge in [0.25, 0.3) is 0 Å². The summed E-state index contributed by atoms with van der Waals surface area (Å²) in [4.78, 5) is 2.49. The highest BCUT2D eigenvalue weighted by atomic mass is 15.1. The van der Waals surface area contributed by atoms with Crippen molar-refractivity contribution in [1.82, 2.24) is 10.2 Å². The first-order valence-electron chi connectivity index (χ1n) is 7.62. The molecule has 0 saturated carbocycles. The maximum absolute atomic E-state index is 3.61. The van der Waals surface area contributed by atoms with Crippen LogP contribution in [0.2, 0.25) is 0 Å². The van der Waals surface area contributed by atoms with Gasteiger partial charge >= 0.3 is 0 Å². The van der Waals surface area contributed by atoms with Gasteiger partial charge in [0.2, 0.25) is 0 Å². The minimum Gasteiger partial charge on any atom is -0.309 e. The van der Waals surface area contributed by atoms with E-state index >= 15 is 0 Å². The molecule has 2 nitrogen and oxygen atoms in total. The lowest BCUT2D eigenvalue weighted by atomic mass is 10.0. The van der Waals surface area contributed by atoms with Crippen molar-refractivity contribution in [2.45, 2.75) is 52.6 Å². The lowest BCUT2D eigenvalue weighted by Gasteiger charge is -2.31. The van der Waals surface area contributed by atoms with Crippen LogP contribution in [0.3, 0.4) is 0 Å². The number of hydrogen-bond acceptors (Lipinski definition) is 2. The molecule has 1 aromatic rings. The molecule has 0 bridgehead atoms. The predicted octanol–water partition coefficient (Wildman–Crippen LogP) is 3.77. The van der Waals surface area contributed by atoms with Gasteiger partial charge in [0.1, 0.15) is 0 Å². The van der Waals surface area contributed by atoms with Gasteiger partial charge in [-0.25, -0.2) is 0 Å². The Morgan fingerprint density at radius 2 is 1.63 bits per heavy atom. The molecule has 108 valence electrons. The minimum atomic E-state index is 0.427. The van der Waals surface area contributed by atoms with Gasteiger partial charge in [0.15, 0.2) is 0 Å². The lowest BCUT2D eigenvalue weighted by Crippen LogP contribution is -2.38. The summed E-state index contributed by atoms with van der Waals surface area (Å²) in [6, 6.07) is 10.0. The van der Waals surface area contributed by atoms with E-state index in [1.165, 1.54) is 24.0 Å². The Balaban J connectivity index is 2.74. The molecule has 19 heavy (non-hydrogen) atoms. The van der Waals surface area contributed by atoms with E-state index in [-0.39, 0.29) is 0 Å². The standard InChI is InChI=1S/C17H30N2/c1-6-16(7-2)19(5)13-17(18-8-3)15-11-9-14(4)10-12-15/h9-12,16-18H,6-8,13H2,1-5H3. The van der Waals surface area contributed by atoms with Gasteiger partial charge in [0.05, 0.1) is 0 Å². The Morgan fingerprint density at radius 1 is 1.05 bits per heavy atom. The summed E-state index contributed by atoms with van der Waals surface area (Å²) < 4.78 is 0. The smallest absolute Gasteiger partial charge is 0.0449 e. The lowest BCUT2D eigenvalue weighted by molar-refractivity contribution is 0.206. The fourth-order valence-corrected chi connectivity index (χ4v) is 2.68. The normalized spacial score (nSPS) is 13.2. The quantitative estimate of drug-likeness (QED) is 0.767. The highest BCUT2D eigenvalue weighted by molar-refractivity contribution is 5.24. The van der Waals surface area contributed by atoms with E-state index in [1.807, 2.05) is 0 Å². The Morgan fingerprint density at radius 3 is 2.11 bits per heavy atom. The van der Waals surface area contributed by atoms with E-state index in [0.29, 0.717) is 12.1 Å². The zero-order valence-electron chi connectivity index (χ0n) is 13.2. The van der Waals surface area contributed by atoms with Crippen LogP contribution in [0.25, 0.3) is 0 Å². The molecule has 0 aliphatic heterocycles. The zero-order chi connectivity index (χ0) is 14.3. The van der Waals surface area contributed by atoms with Gasteiger partial charge in [0, 0.05) is 18.6 Å². The number of benzene rings is 1. The van der Waals surface area contributed by atoms with Gasteiger partial charge in [-0.15, -0.1) is 0 Å². The zero-order valence-corrected chi connectivity index (χ0v) is 13.2. The second kappa shape index (κ2) is 8.34.